The van der Waals surface area contributed by atoms with E-state index in [1.807, 2.05) is 0 Å². The summed E-state index contributed by atoms with van der Waals surface area (Å²) in [5, 5.41) is 10.9. The van der Waals surface area contributed by atoms with E-state index in [0.29, 0.717) is 17.1 Å². The molecule has 0 spiro atoms. The Morgan fingerprint density at radius 3 is 2.52 bits per heavy atom. The molecule has 0 aliphatic rings. The molecule has 0 aliphatic heterocycles. The Balaban J connectivity index is 2.01. The van der Waals surface area contributed by atoms with Crippen molar-refractivity contribution in [2.24, 2.45) is 0 Å². The van der Waals surface area contributed by atoms with Crippen molar-refractivity contribution in [3.8, 4) is 11.5 Å². The summed E-state index contributed by atoms with van der Waals surface area (Å²) in [4.78, 5) is 22.2. The molecule has 0 heterocycles. The van der Waals surface area contributed by atoms with E-state index in [0.717, 1.165) is 5.56 Å². The number of nitrogens with zero attached hydrogens (tertiary/aromatic N) is 1. The summed E-state index contributed by atoms with van der Waals surface area (Å²) >= 11 is 0. The minimum absolute atomic E-state index is 0.0841. The third-order valence-electron chi connectivity index (χ3n) is 3.38. The van der Waals surface area contributed by atoms with Gasteiger partial charge in [0.05, 0.1) is 24.7 Å². The first-order valence-electron chi connectivity index (χ1n) is 7.34. The number of esters is 1. The summed E-state index contributed by atoms with van der Waals surface area (Å²) in [6.07, 6.45) is 2.81. The fourth-order valence-electron chi connectivity index (χ4n) is 2.13. The first-order valence-corrected chi connectivity index (χ1v) is 7.34. The maximum Gasteiger partial charge on any atom is 0.331 e. The Kier molecular flexibility index (Phi) is 6.11. The molecule has 0 bridgehead atoms. The predicted molar refractivity (Wildman–Crippen MR) is 91.5 cm³/mol. The van der Waals surface area contributed by atoms with Gasteiger partial charge < -0.3 is 14.2 Å². The molecule has 130 valence electrons. The van der Waals surface area contributed by atoms with Crippen LogP contribution in [0.4, 0.5) is 5.69 Å². The van der Waals surface area contributed by atoms with Crippen LogP contribution in [0.15, 0.2) is 48.5 Å². The van der Waals surface area contributed by atoms with Crippen molar-refractivity contribution >= 4 is 17.7 Å². The molecule has 0 saturated carbocycles. The minimum atomic E-state index is -0.604. The smallest absolute Gasteiger partial charge is 0.331 e. The molecule has 0 aliphatic carbocycles. The third kappa shape index (κ3) is 4.81. The first kappa shape index (κ1) is 18.0. The summed E-state index contributed by atoms with van der Waals surface area (Å²) < 4.78 is 15.4. The fourth-order valence-corrected chi connectivity index (χ4v) is 2.13. The Morgan fingerprint density at radius 1 is 1.12 bits per heavy atom. The zero-order valence-electron chi connectivity index (χ0n) is 13.8. The highest BCUT2D eigenvalue weighted by Crippen LogP contribution is 2.28. The lowest BCUT2D eigenvalue weighted by molar-refractivity contribution is -0.385. The van der Waals surface area contributed by atoms with Gasteiger partial charge >= 0.3 is 5.97 Å². The van der Waals surface area contributed by atoms with Gasteiger partial charge in [-0.25, -0.2) is 4.79 Å². The maximum absolute atomic E-state index is 11.8. The maximum atomic E-state index is 11.8. The average molecular weight is 343 g/mol. The third-order valence-corrected chi connectivity index (χ3v) is 3.38. The second-order valence-electron chi connectivity index (χ2n) is 4.94. The summed E-state index contributed by atoms with van der Waals surface area (Å²) in [6.45, 7) is -0.174. The molecule has 25 heavy (non-hydrogen) atoms. The number of hydrogen-bond donors (Lipinski definition) is 0. The number of nitro benzene ring substituents is 1. The van der Waals surface area contributed by atoms with E-state index in [1.165, 1.54) is 26.4 Å². The minimum Gasteiger partial charge on any atom is -0.493 e. The second kappa shape index (κ2) is 8.49. The number of hydrogen-bond acceptors (Lipinski definition) is 6. The monoisotopic (exact) mass is 343 g/mol. The number of methoxy groups -OCH3 is 2. The molecule has 7 nitrogen and oxygen atoms in total. The van der Waals surface area contributed by atoms with Gasteiger partial charge in [0.25, 0.3) is 5.69 Å². The topological polar surface area (TPSA) is 87.9 Å². The number of benzene rings is 2. The average Bonchev–Trinajstić information content (AvgIpc) is 2.64. The van der Waals surface area contributed by atoms with Crippen molar-refractivity contribution < 1.29 is 23.9 Å². The first-order chi connectivity index (χ1) is 12.0. The summed E-state index contributed by atoms with van der Waals surface area (Å²) in [5.74, 6) is 0.518. The van der Waals surface area contributed by atoms with Crippen LogP contribution in [0, 0.1) is 10.1 Å². The molecule has 0 aromatic heterocycles. The molecule has 2 aromatic carbocycles. The number of ether oxygens (including phenoxy) is 3. The molecule has 0 amide bonds. The molecule has 0 radical (unpaired) electrons. The van der Waals surface area contributed by atoms with Crippen molar-refractivity contribution in [2.75, 3.05) is 14.2 Å². The second-order valence-corrected chi connectivity index (χ2v) is 4.94. The Labute approximate surface area is 144 Å². The number of carbonyl (C=O) groups excluding carboxylic acids is 1. The molecule has 0 saturated heterocycles. The number of carbonyl (C=O) groups is 1. The van der Waals surface area contributed by atoms with Crippen LogP contribution >= 0.6 is 0 Å². The number of para-hydroxylation sites is 1. The quantitative estimate of drug-likeness (QED) is 0.331. The van der Waals surface area contributed by atoms with Gasteiger partial charge in [-0.05, 0) is 29.8 Å². The van der Waals surface area contributed by atoms with Crippen LogP contribution < -0.4 is 9.47 Å². The van der Waals surface area contributed by atoms with Gasteiger partial charge in [-0.2, -0.15) is 0 Å². The van der Waals surface area contributed by atoms with E-state index in [4.69, 9.17) is 14.2 Å². The van der Waals surface area contributed by atoms with E-state index in [-0.39, 0.29) is 12.3 Å². The highest BCUT2D eigenvalue weighted by molar-refractivity contribution is 5.87. The summed E-state index contributed by atoms with van der Waals surface area (Å²) in [7, 11) is 3.06. The lowest BCUT2D eigenvalue weighted by Crippen LogP contribution is -2.03. The Bertz CT molecular complexity index is 800. The van der Waals surface area contributed by atoms with E-state index in [1.54, 1.807) is 42.5 Å². The van der Waals surface area contributed by atoms with Crippen LogP contribution in [-0.4, -0.2) is 25.1 Å². The van der Waals surface area contributed by atoms with Crippen LogP contribution in [0.3, 0.4) is 0 Å². The molecule has 0 unspecified atom stereocenters. The van der Waals surface area contributed by atoms with Crippen molar-refractivity contribution in [3.05, 3.63) is 69.8 Å². The van der Waals surface area contributed by atoms with Crippen molar-refractivity contribution in [2.45, 2.75) is 6.61 Å². The molecular formula is C18H17NO6. The fraction of sp³-hybridized carbons (Fsp3) is 0.167. The zero-order valence-corrected chi connectivity index (χ0v) is 13.8. The molecule has 2 aromatic rings. The van der Waals surface area contributed by atoms with E-state index < -0.39 is 10.9 Å². The number of rotatable bonds is 7. The molecule has 2 rings (SSSR count). The van der Waals surface area contributed by atoms with Crippen molar-refractivity contribution in [3.63, 3.8) is 0 Å². The van der Waals surface area contributed by atoms with Gasteiger partial charge in [-0.15, -0.1) is 0 Å². The van der Waals surface area contributed by atoms with E-state index >= 15 is 0 Å². The lowest BCUT2D eigenvalue weighted by atomic mass is 10.2. The summed E-state index contributed by atoms with van der Waals surface area (Å²) in [6, 6.07) is 11.3. The molecule has 0 N–H and O–H groups in total. The highest BCUT2D eigenvalue weighted by Gasteiger charge is 2.13. The molecule has 0 atom stereocenters. The van der Waals surface area contributed by atoms with Gasteiger partial charge in [0.15, 0.2) is 11.5 Å². The molecule has 0 fully saturated rings. The SMILES string of the molecule is COc1ccc(/C=C/C(=O)OCc2ccccc2[N+](=O)[O-])cc1OC. The number of nitro groups is 1. The Hall–Kier alpha value is -3.35. The molecule has 7 heteroatoms. The standard InChI is InChI=1S/C18H17NO6/c1-23-16-9-7-13(11-17(16)24-2)8-10-18(20)25-12-14-5-3-4-6-15(14)19(21)22/h3-11H,12H2,1-2H3/b10-8+. The van der Waals surface area contributed by atoms with Gasteiger partial charge in [-0.3, -0.25) is 10.1 Å². The van der Waals surface area contributed by atoms with Crippen LogP contribution in [0.1, 0.15) is 11.1 Å². The normalized spacial score (nSPS) is 10.5. The Morgan fingerprint density at radius 2 is 1.84 bits per heavy atom. The van der Waals surface area contributed by atoms with Crippen molar-refractivity contribution in [1.29, 1.82) is 0 Å². The van der Waals surface area contributed by atoms with Gasteiger partial charge in [-0.1, -0.05) is 18.2 Å². The van der Waals surface area contributed by atoms with Crippen LogP contribution in [-0.2, 0) is 16.1 Å². The largest absolute Gasteiger partial charge is 0.493 e. The van der Waals surface area contributed by atoms with Crippen LogP contribution in [0.2, 0.25) is 0 Å². The molecular weight excluding hydrogens is 326 g/mol. The van der Waals surface area contributed by atoms with Crippen LogP contribution in [0.25, 0.3) is 6.08 Å². The highest BCUT2D eigenvalue weighted by atomic mass is 16.6. The van der Waals surface area contributed by atoms with Crippen LogP contribution in [0.5, 0.6) is 11.5 Å². The predicted octanol–water partition coefficient (Wildman–Crippen LogP) is 3.37. The van der Waals surface area contributed by atoms with E-state index in [2.05, 4.69) is 0 Å². The lowest BCUT2D eigenvalue weighted by Gasteiger charge is -2.07. The van der Waals surface area contributed by atoms with Crippen molar-refractivity contribution in [1.82, 2.24) is 0 Å². The van der Waals surface area contributed by atoms with Gasteiger partial charge in [0, 0.05) is 12.1 Å². The zero-order chi connectivity index (χ0) is 18.2. The van der Waals surface area contributed by atoms with Gasteiger partial charge in [0.1, 0.15) is 6.61 Å². The van der Waals surface area contributed by atoms with Gasteiger partial charge in [0.2, 0.25) is 0 Å². The van der Waals surface area contributed by atoms with E-state index in [9.17, 15) is 14.9 Å². The summed E-state index contributed by atoms with van der Waals surface area (Å²) in [5.41, 5.74) is 0.972.